The van der Waals surface area contributed by atoms with E-state index in [1.807, 2.05) is 12.2 Å². The molecule has 2 atom stereocenters. The molecule has 6 aliphatic rings. The van der Waals surface area contributed by atoms with Crippen molar-refractivity contribution in [2.75, 3.05) is 0 Å². The Kier molecular flexibility index (Phi) is 7.75. The van der Waals surface area contributed by atoms with Crippen LogP contribution in [0.5, 0.6) is 0 Å². The van der Waals surface area contributed by atoms with Crippen molar-refractivity contribution < 1.29 is 32.6 Å². The number of halogens is 3. The number of hydrogen-bond acceptors (Lipinski definition) is 6. The van der Waals surface area contributed by atoms with Gasteiger partial charge in [-0.3, -0.25) is 0 Å². The summed E-state index contributed by atoms with van der Waals surface area (Å²) in [4.78, 5) is 39.2. The third-order valence-corrected chi connectivity index (χ3v) is 9.60. The van der Waals surface area contributed by atoms with Crippen molar-refractivity contribution >= 4 is 69.2 Å². The van der Waals surface area contributed by atoms with E-state index < -0.39 is 17.0 Å². The van der Waals surface area contributed by atoms with E-state index in [1.54, 1.807) is 36.5 Å². The van der Waals surface area contributed by atoms with Crippen molar-refractivity contribution in [2.24, 2.45) is 5.41 Å². The van der Waals surface area contributed by atoms with Crippen LogP contribution in [0.15, 0.2) is 72.9 Å². The zero-order valence-corrected chi connectivity index (χ0v) is 32.6. The van der Waals surface area contributed by atoms with Gasteiger partial charge in [0.25, 0.3) is 0 Å². The van der Waals surface area contributed by atoms with Gasteiger partial charge in [0.2, 0.25) is 0 Å². The second-order valence-corrected chi connectivity index (χ2v) is 14.7. The maximum Gasteiger partial charge on any atom is 2.00 e. The molecule has 0 amide bonds. The third-order valence-electron chi connectivity index (χ3n) is 9.60. The summed E-state index contributed by atoms with van der Waals surface area (Å²) in [5.41, 5.74) is 0.202. The van der Waals surface area contributed by atoms with Gasteiger partial charge in [-0.15, -0.1) is 0 Å². The molecule has 5 heterocycles. The molecule has 0 spiro atoms. The summed E-state index contributed by atoms with van der Waals surface area (Å²) in [7, 11) is 0. The van der Waals surface area contributed by atoms with Crippen LogP contribution >= 0.6 is 0 Å². The van der Waals surface area contributed by atoms with Gasteiger partial charge in [-0.25, -0.2) is 23.1 Å². The minimum absolute atomic E-state index is 0. The Morgan fingerprint density at radius 3 is 0.906 bits per heavy atom. The Morgan fingerprint density at radius 1 is 0.377 bits per heavy atom. The van der Waals surface area contributed by atoms with Gasteiger partial charge in [0.15, 0.2) is 0 Å². The molecule has 8 nitrogen and oxygen atoms in total. The van der Waals surface area contributed by atoms with Gasteiger partial charge in [0.05, 0.1) is 23.3 Å². The van der Waals surface area contributed by atoms with Gasteiger partial charge < -0.3 is 29.9 Å². The molecule has 0 saturated heterocycles. The van der Waals surface area contributed by atoms with E-state index in [0.717, 1.165) is 11.1 Å². The van der Waals surface area contributed by atoms with E-state index in [1.165, 1.54) is 57.2 Å². The zero-order valence-electron chi connectivity index (χ0n) is 29.7. The second kappa shape index (κ2) is 11.8. The van der Waals surface area contributed by atoms with Crippen LogP contribution in [-0.2, 0) is 19.5 Å². The number of hydrogen-bond donors (Lipinski definition) is 0. The first-order valence-corrected chi connectivity index (χ1v) is 16.9. The number of aromatic nitrogens is 8. The molecule has 0 fully saturated rings. The van der Waals surface area contributed by atoms with E-state index in [-0.39, 0.29) is 59.1 Å². The molecule has 0 aromatic carbocycles. The fraction of sp³-hybridized carbons (Fsp3) is 0.220. The summed E-state index contributed by atoms with van der Waals surface area (Å²) in [6.07, 6.45) is 26.5. The van der Waals surface area contributed by atoms with E-state index in [9.17, 15) is 0 Å². The van der Waals surface area contributed by atoms with Gasteiger partial charge in [-0.05, 0) is 79.5 Å². The zero-order chi connectivity index (χ0) is 36.2. The van der Waals surface area contributed by atoms with E-state index in [0.29, 0.717) is 45.0 Å². The predicted molar refractivity (Wildman–Crippen MR) is 199 cm³/mol. The van der Waals surface area contributed by atoms with Crippen LogP contribution in [-0.4, -0.2) is 46.9 Å². The minimum Gasteiger partial charge on any atom is -0.357 e. The summed E-state index contributed by atoms with van der Waals surface area (Å²) in [5.74, 6) is 1.15. The average Bonchev–Trinajstić information content (AvgIpc) is 3.62. The normalized spacial score (nSPS) is 26.0. The molecule has 3 aromatic rings. The molecule has 8 bridgehead atoms. The largest absolute Gasteiger partial charge is 2.00 e. The number of rotatable bonds is 0. The van der Waals surface area contributed by atoms with Gasteiger partial charge in [-0.1, -0.05) is 74.6 Å². The Labute approximate surface area is 316 Å². The molecular weight excluding hydrogens is 727 g/mol. The molecule has 12 heteroatoms. The first-order valence-electron chi connectivity index (χ1n) is 16.9. The molecule has 4 aliphatic carbocycles. The van der Waals surface area contributed by atoms with Crippen LogP contribution in [0.4, 0.5) is 13.2 Å². The molecular formula is C41H31F3N8Zn. The fourth-order valence-corrected chi connectivity index (χ4v) is 6.54. The quantitative estimate of drug-likeness (QED) is 0.210. The van der Waals surface area contributed by atoms with Gasteiger partial charge in [0, 0.05) is 50.3 Å². The van der Waals surface area contributed by atoms with Crippen molar-refractivity contribution in [2.45, 2.75) is 51.6 Å². The predicted octanol–water partition coefficient (Wildman–Crippen LogP) is 8.51. The van der Waals surface area contributed by atoms with Crippen LogP contribution in [0.2, 0.25) is 0 Å². The third kappa shape index (κ3) is 6.18. The SMILES string of the molecule is CC1(C)C=CC2=C(C=C1)c1nc2nc2[n-]c(nc3nc(nc4[n-]c(n1)c1c4C=CC(C)(F)C=C1)C1=C3C=CC(C)(F)C=C1)c1c2C=CC(C)(F)C=C1.[Zn+2]. The summed E-state index contributed by atoms with van der Waals surface area (Å²) in [5, 5.41) is 0. The summed E-state index contributed by atoms with van der Waals surface area (Å²) < 4.78 is 46.1. The summed E-state index contributed by atoms with van der Waals surface area (Å²) in [6, 6.07) is 0. The van der Waals surface area contributed by atoms with Crippen LogP contribution in [0, 0.1) is 5.41 Å². The van der Waals surface area contributed by atoms with E-state index >= 15 is 13.2 Å². The van der Waals surface area contributed by atoms with Crippen LogP contribution in [0.3, 0.4) is 0 Å². The maximum atomic E-state index is 15.4. The molecule has 0 N–H and O–H groups in total. The second-order valence-electron chi connectivity index (χ2n) is 14.7. The minimum atomic E-state index is -1.75. The Bertz CT molecular complexity index is 2290. The van der Waals surface area contributed by atoms with Crippen molar-refractivity contribution in [3.05, 3.63) is 118 Å². The topological polar surface area (TPSA) is 106 Å². The van der Waals surface area contributed by atoms with Crippen molar-refractivity contribution in [1.29, 1.82) is 0 Å². The molecule has 0 saturated carbocycles. The van der Waals surface area contributed by atoms with Gasteiger partial charge in [-0.2, -0.15) is 0 Å². The first kappa shape index (κ1) is 34.7. The first-order chi connectivity index (χ1) is 24.6. The standard InChI is InChI=1S/C41H31F3N8.Zn/c1-38(2)14-6-22-23(7-15-38)31-45-30(22)46-32-24-8-16-39(3,42)18-10-26(24)34(48-32)50-36-28-12-20-41(5,44)21-13-29(28)37(52-36)51-35-27-11-19-40(4,43)17-9-25(27)33(47-31)49-35;/h6-21H,1-5H3;/q-2;+2. The van der Waals surface area contributed by atoms with Crippen LogP contribution < -0.4 is 9.97 Å². The monoisotopic (exact) mass is 756 g/mol. The fourth-order valence-electron chi connectivity index (χ4n) is 6.54. The molecule has 9 rings (SSSR count). The molecule has 53 heavy (non-hydrogen) atoms. The number of alkyl halides is 3. The number of nitrogens with zero attached hydrogens (tertiary/aromatic N) is 8. The van der Waals surface area contributed by atoms with E-state index in [2.05, 4.69) is 26.0 Å². The Hall–Kier alpha value is -5.35. The van der Waals surface area contributed by atoms with Crippen molar-refractivity contribution in [1.82, 2.24) is 39.9 Å². The Morgan fingerprint density at radius 2 is 0.623 bits per heavy atom. The maximum absolute atomic E-state index is 15.4. The Balaban J connectivity index is 0.00000400. The summed E-state index contributed by atoms with van der Waals surface area (Å²) in [6.45, 7) is 8.52. The summed E-state index contributed by atoms with van der Waals surface area (Å²) >= 11 is 0. The molecule has 0 radical (unpaired) electrons. The average molecular weight is 758 g/mol. The molecule has 2 aliphatic heterocycles. The van der Waals surface area contributed by atoms with Gasteiger partial charge in [0.1, 0.15) is 17.0 Å². The molecule has 2 unspecified atom stereocenters. The smallest absolute Gasteiger partial charge is 0.357 e. The van der Waals surface area contributed by atoms with Crippen LogP contribution in [0.1, 0.15) is 80.2 Å². The molecule has 258 valence electrons. The van der Waals surface area contributed by atoms with Crippen LogP contribution in [0.25, 0.3) is 69.2 Å². The number of fused-ring (bicyclic) bond motifs is 18. The van der Waals surface area contributed by atoms with Gasteiger partial charge >= 0.3 is 19.5 Å². The van der Waals surface area contributed by atoms with Crippen molar-refractivity contribution in [3.8, 4) is 0 Å². The molecule has 3 aromatic heterocycles. The van der Waals surface area contributed by atoms with Crippen molar-refractivity contribution in [3.63, 3.8) is 0 Å². The van der Waals surface area contributed by atoms with E-state index in [4.69, 9.17) is 39.9 Å². The number of allylic oxidation sites excluding steroid dienone is 16.